The van der Waals surface area contributed by atoms with Gasteiger partial charge in [0.2, 0.25) is 0 Å². The van der Waals surface area contributed by atoms with E-state index in [4.69, 9.17) is 5.26 Å². The van der Waals surface area contributed by atoms with Crippen molar-refractivity contribution in [1.29, 1.82) is 5.26 Å². The van der Waals surface area contributed by atoms with Gasteiger partial charge in [0.15, 0.2) is 0 Å². The van der Waals surface area contributed by atoms with Gasteiger partial charge in [-0.05, 0) is 31.2 Å². The van der Waals surface area contributed by atoms with Crippen LogP contribution < -0.4 is 10.6 Å². The van der Waals surface area contributed by atoms with E-state index in [1.807, 2.05) is 25.1 Å². The highest BCUT2D eigenvalue weighted by Crippen LogP contribution is 2.20. The minimum absolute atomic E-state index is 0.255. The zero-order chi connectivity index (χ0) is 15.2. The molecule has 0 aliphatic rings. The van der Waals surface area contributed by atoms with Crippen molar-refractivity contribution >= 4 is 17.3 Å². The lowest BCUT2D eigenvalue weighted by molar-refractivity contribution is 0.777. The second-order valence-corrected chi connectivity index (χ2v) is 5.00. The molecule has 1 aromatic carbocycles. The fourth-order valence-corrected chi connectivity index (χ4v) is 1.84. The molecule has 0 fully saturated rings. The predicted octanol–water partition coefficient (Wildman–Crippen LogP) is 3.65. The molecule has 108 valence electrons. The van der Waals surface area contributed by atoms with Crippen LogP contribution in [0.1, 0.15) is 38.1 Å². The van der Waals surface area contributed by atoms with Gasteiger partial charge in [0, 0.05) is 24.2 Å². The molecule has 1 heterocycles. The molecule has 21 heavy (non-hydrogen) atoms. The van der Waals surface area contributed by atoms with Crippen LogP contribution in [-0.2, 0) is 0 Å². The van der Waals surface area contributed by atoms with Crippen LogP contribution in [-0.4, -0.2) is 16.5 Å². The van der Waals surface area contributed by atoms with E-state index >= 15 is 0 Å². The standard InChI is InChI=1S/C16H19N5/c1-4-18-14-9-15(21-16(20-14)11(2)3)19-13-7-5-12(10-17)6-8-13/h5-9,11H,4H2,1-3H3,(H2,18,19,20,21). The van der Waals surface area contributed by atoms with E-state index in [2.05, 4.69) is 40.5 Å². The minimum Gasteiger partial charge on any atom is -0.370 e. The van der Waals surface area contributed by atoms with E-state index in [1.54, 1.807) is 12.1 Å². The van der Waals surface area contributed by atoms with Gasteiger partial charge in [-0.15, -0.1) is 0 Å². The Bertz CT molecular complexity index is 641. The summed E-state index contributed by atoms with van der Waals surface area (Å²) in [5.74, 6) is 2.61. The second-order valence-electron chi connectivity index (χ2n) is 5.00. The molecule has 0 amide bonds. The smallest absolute Gasteiger partial charge is 0.136 e. The Morgan fingerprint density at radius 1 is 1.14 bits per heavy atom. The first-order valence-electron chi connectivity index (χ1n) is 7.02. The van der Waals surface area contributed by atoms with Crippen LogP contribution in [0, 0.1) is 11.3 Å². The van der Waals surface area contributed by atoms with Crippen molar-refractivity contribution in [2.75, 3.05) is 17.2 Å². The molecule has 0 aliphatic heterocycles. The van der Waals surface area contributed by atoms with Gasteiger partial charge >= 0.3 is 0 Å². The molecule has 0 bridgehead atoms. The van der Waals surface area contributed by atoms with E-state index in [0.717, 1.165) is 29.7 Å². The molecule has 0 aliphatic carbocycles. The zero-order valence-corrected chi connectivity index (χ0v) is 12.5. The van der Waals surface area contributed by atoms with Crippen molar-refractivity contribution in [3.8, 4) is 6.07 Å². The Labute approximate surface area is 125 Å². The summed E-state index contributed by atoms with van der Waals surface area (Å²) in [5.41, 5.74) is 1.53. The van der Waals surface area contributed by atoms with Gasteiger partial charge in [-0.3, -0.25) is 0 Å². The quantitative estimate of drug-likeness (QED) is 0.875. The number of benzene rings is 1. The van der Waals surface area contributed by atoms with Gasteiger partial charge in [0.1, 0.15) is 17.5 Å². The monoisotopic (exact) mass is 281 g/mol. The first-order valence-corrected chi connectivity index (χ1v) is 7.02. The van der Waals surface area contributed by atoms with Gasteiger partial charge in [0.25, 0.3) is 0 Å². The third-order valence-corrected chi connectivity index (χ3v) is 2.90. The summed E-state index contributed by atoms with van der Waals surface area (Å²) < 4.78 is 0. The Balaban J connectivity index is 2.27. The number of hydrogen-bond donors (Lipinski definition) is 2. The highest BCUT2D eigenvalue weighted by atomic mass is 15.1. The van der Waals surface area contributed by atoms with Gasteiger partial charge in [-0.25, -0.2) is 9.97 Å². The van der Waals surface area contributed by atoms with Crippen LogP contribution in [0.4, 0.5) is 17.3 Å². The number of nitrogens with one attached hydrogen (secondary N) is 2. The molecule has 0 unspecified atom stereocenters. The highest BCUT2D eigenvalue weighted by molar-refractivity contribution is 5.60. The lowest BCUT2D eigenvalue weighted by Gasteiger charge is -2.12. The average Bonchev–Trinajstić information content (AvgIpc) is 2.48. The molecule has 2 rings (SSSR count). The minimum atomic E-state index is 0.255. The SMILES string of the molecule is CCNc1cc(Nc2ccc(C#N)cc2)nc(C(C)C)n1. The van der Waals surface area contributed by atoms with Crippen LogP contribution in [0.3, 0.4) is 0 Å². The molecular formula is C16H19N5. The molecule has 5 nitrogen and oxygen atoms in total. The predicted molar refractivity (Wildman–Crippen MR) is 84.7 cm³/mol. The lowest BCUT2D eigenvalue weighted by atomic mass is 10.2. The summed E-state index contributed by atoms with van der Waals surface area (Å²) in [7, 11) is 0. The topological polar surface area (TPSA) is 73.6 Å². The molecule has 0 saturated heterocycles. The number of anilines is 3. The summed E-state index contributed by atoms with van der Waals surface area (Å²) in [6.45, 7) is 6.98. The molecule has 2 N–H and O–H groups in total. The van der Waals surface area contributed by atoms with Gasteiger partial charge < -0.3 is 10.6 Å². The van der Waals surface area contributed by atoms with Crippen LogP contribution in [0.2, 0.25) is 0 Å². The summed E-state index contributed by atoms with van der Waals surface area (Å²) in [6, 6.07) is 11.3. The van der Waals surface area contributed by atoms with E-state index in [0.29, 0.717) is 5.56 Å². The first-order chi connectivity index (χ1) is 10.1. The van der Waals surface area contributed by atoms with Crippen LogP contribution >= 0.6 is 0 Å². The van der Waals surface area contributed by atoms with Crippen molar-refractivity contribution in [3.05, 3.63) is 41.7 Å². The number of hydrogen-bond acceptors (Lipinski definition) is 5. The second kappa shape index (κ2) is 6.71. The van der Waals surface area contributed by atoms with Gasteiger partial charge in [0.05, 0.1) is 11.6 Å². The third-order valence-electron chi connectivity index (χ3n) is 2.90. The fourth-order valence-electron chi connectivity index (χ4n) is 1.84. The molecule has 0 atom stereocenters. The summed E-state index contributed by atoms with van der Waals surface area (Å²) in [5, 5.41) is 15.3. The average molecular weight is 281 g/mol. The number of nitrogens with zero attached hydrogens (tertiary/aromatic N) is 3. The molecule has 0 radical (unpaired) electrons. The van der Waals surface area contributed by atoms with Crippen molar-refractivity contribution in [2.24, 2.45) is 0 Å². The maximum absolute atomic E-state index is 8.81. The Morgan fingerprint density at radius 3 is 2.38 bits per heavy atom. The molecule has 5 heteroatoms. The van der Waals surface area contributed by atoms with E-state index < -0.39 is 0 Å². The molecular weight excluding hydrogens is 262 g/mol. The molecule has 1 aromatic heterocycles. The fraction of sp³-hybridized carbons (Fsp3) is 0.312. The Kier molecular flexibility index (Phi) is 4.72. The number of rotatable bonds is 5. The van der Waals surface area contributed by atoms with E-state index in [1.165, 1.54) is 0 Å². The molecule has 2 aromatic rings. The van der Waals surface area contributed by atoms with Crippen molar-refractivity contribution in [3.63, 3.8) is 0 Å². The number of nitriles is 1. The third kappa shape index (κ3) is 3.93. The zero-order valence-electron chi connectivity index (χ0n) is 12.5. The van der Waals surface area contributed by atoms with Crippen molar-refractivity contribution < 1.29 is 0 Å². The first kappa shape index (κ1) is 14.8. The van der Waals surface area contributed by atoms with Crippen molar-refractivity contribution in [2.45, 2.75) is 26.7 Å². The van der Waals surface area contributed by atoms with E-state index in [-0.39, 0.29) is 5.92 Å². The van der Waals surface area contributed by atoms with Gasteiger partial charge in [-0.1, -0.05) is 13.8 Å². The Hall–Kier alpha value is -2.61. The van der Waals surface area contributed by atoms with E-state index in [9.17, 15) is 0 Å². The lowest BCUT2D eigenvalue weighted by Crippen LogP contribution is -2.07. The maximum Gasteiger partial charge on any atom is 0.136 e. The van der Waals surface area contributed by atoms with Crippen LogP contribution in [0.15, 0.2) is 30.3 Å². The largest absolute Gasteiger partial charge is 0.370 e. The number of aromatic nitrogens is 2. The summed E-state index contributed by atoms with van der Waals surface area (Å²) in [6.07, 6.45) is 0. The highest BCUT2D eigenvalue weighted by Gasteiger charge is 2.08. The van der Waals surface area contributed by atoms with Gasteiger partial charge in [-0.2, -0.15) is 5.26 Å². The summed E-state index contributed by atoms with van der Waals surface area (Å²) >= 11 is 0. The summed E-state index contributed by atoms with van der Waals surface area (Å²) in [4.78, 5) is 9.01. The normalized spacial score (nSPS) is 10.2. The molecule has 0 spiro atoms. The maximum atomic E-state index is 8.81. The Morgan fingerprint density at radius 2 is 1.81 bits per heavy atom. The van der Waals surface area contributed by atoms with Crippen LogP contribution in [0.5, 0.6) is 0 Å². The molecule has 0 saturated carbocycles. The van der Waals surface area contributed by atoms with Crippen molar-refractivity contribution in [1.82, 2.24) is 9.97 Å². The van der Waals surface area contributed by atoms with Crippen LogP contribution in [0.25, 0.3) is 0 Å².